The minimum atomic E-state index is -0.109. The molecule has 1 atom stereocenters. The third kappa shape index (κ3) is 2.61. The Morgan fingerprint density at radius 1 is 1.17 bits per heavy atom. The van der Waals surface area contributed by atoms with Crippen molar-refractivity contribution in [3.63, 3.8) is 0 Å². The fourth-order valence-corrected chi connectivity index (χ4v) is 1.69. The number of nitrogens with two attached hydrogens (primary N) is 1. The van der Waals surface area contributed by atoms with Crippen LogP contribution in [0.3, 0.4) is 0 Å². The molecule has 2 rings (SSSR count). The Bertz CT molecular complexity index is 573. The van der Waals surface area contributed by atoms with Crippen LogP contribution in [-0.2, 0) is 0 Å². The zero-order chi connectivity index (χ0) is 13.0. The standard InChI is InChI=1S/C15H14N2O/c1-11(13-5-3-2-4-6-13)18-15-9-12(10-16)7-8-14(15)17/h2-9,11H,17H2,1H3. The molecule has 0 aliphatic carbocycles. The summed E-state index contributed by atoms with van der Waals surface area (Å²) in [6, 6.07) is 17.0. The average Bonchev–Trinajstić information content (AvgIpc) is 2.42. The molecule has 0 fully saturated rings. The lowest BCUT2D eigenvalue weighted by atomic mass is 10.1. The lowest BCUT2D eigenvalue weighted by molar-refractivity contribution is 0.228. The minimum Gasteiger partial charge on any atom is -0.484 e. The van der Waals surface area contributed by atoms with E-state index in [1.165, 1.54) is 0 Å². The Kier molecular flexibility index (Phi) is 3.49. The van der Waals surface area contributed by atoms with Gasteiger partial charge in [-0.15, -0.1) is 0 Å². The van der Waals surface area contributed by atoms with Crippen molar-refractivity contribution in [2.75, 3.05) is 5.73 Å². The van der Waals surface area contributed by atoms with Crippen LogP contribution < -0.4 is 10.5 Å². The normalized spacial score (nSPS) is 11.6. The van der Waals surface area contributed by atoms with Crippen molar-refractivity contribution in [3.05, 3.63) is 59.7 Å². The van der Waals surface area contributed by atoms with Gasteiger partial charge in [0.1, 0.15) is 11.9 Å². The van der Waals surface area contributed by atoms with Crippen molar-refractivity contribution in [2.24, 2.45) is 0 Å². The van der Waals surface area contributed by atoms with Crippen LogP contribution in [0, 0.1) is 11.3 Å². The van der Waals surface area contributed by atoms with Crippen molar-refractivity contribution in [1.29, 1.82) is 5.26 Å². The molecule has 2 N–H and O–H groups in total. The van der Waals surface area contributed by atoms with Gasteiger partial charge < -0.3 is 10.5 Å². The molecule has 0 aliphatic heterocycles. The maximum atomic E-state index is 8.86. The zero-order valence-corrected chi connectivity index (χ0v) is 10.1. The van der Waals surface area contributed by atoms with Crippen molar-refractivity contribution >= 4 is 5.69 Å². The number of nitrogen functional groups attached to an aromatic ring is 1. The van der Waals surface area contributed by atoms with Crippen LogP contribution in [0.2, 0.25) is 0 Å². The third-order valence-electron chi connectivity index (χ3n) is 2.72. The molecule has 0 amide bonds. The van der Waals surface area contributed by atoms with Gasteiger partial charge in [0.05, 0.1) is 17.3 Å². The Balaban J connectivity index is 2.22. The number of benzene rings is 2. The molecule has 0 heterocycles. The summed E-state index contributed by atoms with van der Waals surface area (Å²) in [7, 11) is 0. The summed E-state index contributed by atoms with van der Waals surface area (Å²) in [6.45, 7) is 1.95. The van der Waals surface area contributed by atoms with Crippen molar-refractivity contribution < 1.29 is 4.74 Å². The van der Waals surface area contributed by atoms with Gasteiger partial charge in [0.15, 0.2) is 0 Å². The summed E-state index contributed by atoms with van der Waals surface area (Å²) in [4.78, 5) is 0. The van der Waals surface area contributed by atoms with Gasteiger partial charge >= 0.3 is 0 Å². The highest BCUT2D eigenvalue weighted by molar-refractivity contribution is 5.56. The van der Waals surface area contributed by atoms with Crippen LogP contribution in [0.4, 0.5) is 5.69 Å². The topological polar surface area (TPSA) is 59.0 Å². The van der Waals surface area contributed by atoms with Crippen molar-refractivity contribution in [3.8, 4) is 11.8 Å². The molecule has 0 bridgehead atoms. The van der Waals surface area contributed by atoms with Gasteiger partial charge in [0, 0.05) is 6.07 Å². The van der Waals surface area contributed by atoms with Crippen LogP contribution in [0.1, 0.15) is 24.2 Å². The Labute approximate surface area is 106 Å². The highest BCUT2D eigenvalue weighted by atomic mass is 16.5. The lowest BCUT2D eigenvalue weighted by Crippen LogP contribution is -2.05. The quantitative estimate of drug-likeness (QED) is 0.835. The molecule has 1 unspecified atom stereocenters. The van der Waals surface area contributed by atoms with Crippen LogP contribution >= 0.6 is 0 Å². The van der Waals surface area contributed by atoms with Gasteiger partial charge in [-0.2, -0.15) is 5.26 Å². The van der Waals surface area contributed by atoms with E-state index in [1.54, 1.807) is 18.2 Å². The van der Waals surface area contributed by atoms with E-state index in [9.17, 15) is 0 Å². The Morgan fingerprint density at radius 3 is 2.56 bits per heavy atom. The second-order valence-electron chi connectivity index (χ2n) is 4.04. The van der Waals surface area contributed by atoms with Gasteiger partial charge in [-0.3, -0.25) is 0 Å². The predicted molar refractivity (Wildman–Crippen MR) is 71.1 cm³/mol. The fraction of sp³-hybridized carbons (Fsp3) is 0.133. The molecule has 18 heavy (non-hydrogen) atoms. The highest BCUT2D eigenvalue weighted by Crippen LogP contribution is 2.27. The van der Waals surface area contributed by atoms with E-state index < -0.39 is 0 Å². The predicted octanol–water partition coefficient (Wildman–Crippen LogP) is 3.28. The highest BCUT2D eigenvalue weighted by Gasteiger charge is 2.09. The van der Waals surface area contributed by atoms with E-state index >= 15 is 0 Å². The van der Waals surface area contributed by atoms with Gasteiger partial charge in [0.25, 0.3) is 0 Å². The molecule has 0 radical (unpaired) electrons. The molecule has 0 aliphatic rings. The first-order valence-electron chi connectivity index (χ1n) is 5.72. The van der Waals surface area contributed by atoms with Gasteiger partial charge in [-0.25, -0.2) is 0 Å². The first-order valence-corrected chi connectivity index (χ1v) is 5.72. The Morgan fingerprint density at radius 2 is 1.89 bits per heavy atom. The van der Waals surface area contributed by atoms with Crippen LogP contribution in [0.25, 0.3) is 0 Å². The van der Waals surface area contributed by atoms with E-state index in [4.69, 9.17) is 15.7 Å². The smallest absolute Gasteiger partial charge is 0.144 e. The SMILES string of the molecule is CC(Oc1cc(C#N)ccc1N)c1ccccc1. The first-order chi connectivity index (χ1) is 8.70. The molecular weight excluding hydrogens is 224 g/mol. The van der Waals surface area contributed by atoms with Gasteiger partial charge in [-0.05, 0) is 24.6 Å². The van der Waals surface area contributed by atoms with E-state index in [2.05, 4.69) is 6.07 Å². The van der Waals surface area contributed by atoms with Gasteiger partial charge in [-0.1, -0.05) is 30.3 Å². The van der Waals surface area contributed by atoms with Crippen molar-refractivity contribution in [1.82, 2.24) is 0 Å². The molecule has 2 aromatic carbocycles. The molecule has 3 nitrogen and oxygen atoms in total. The summed E-state index contributed by atoms with van der Waals surface area (Å²) >= 11 is 0. The van der Waals surface area contributed by atoms with Crippen molar-refractivity contribution in [2.45, 2.75) is 13.0 Å². The maximum absolute atomic E-state index is 8.86. The van der Waals surface area contributed by atoms with E-state index in [0.29, 0.717) is 17.0 Å². The van der Waals surface area contributed by atoms with Gasteiger partial charge in [0.2, 0.25) is 0 Å². The summed E-state index contributed by atoms with van der Waals surface area (Å²) in [5.74, 6) is 0.547. The molecule has 0 spiro atoms. The molecule has 2 aromatic rings. The number of nitriles is 1. The third-order valence-corrected chi connectivity index (χ3v) is 2.72. The summed E-state index contributed by atoms with van der Waals surface area (Å²) in [5.41, 5.74) is 7.98. The second-order valence-corrected chi connectivity index (χ2v) is 4.04. The summed E-state index contributed by atoms with van der Waals surface area (Å²) < 4.78 is 5.80. The lowest BCUT2D eigenvalue weighted by Gasteiger charge is -2.16. The molecule has 0 saturated carbocycles. The number of rotatable bonds is 3. The molecule has 3 heteroatoms. The zero-order valence-electron chi connectivity index (χ0n) is 10.1. The fourth-order valence-electron chi connectivity index (χ4n) is 1.69. The van der Waals surface area contributed by atoms with E-state index in [0.717, 1.165) is 5.56 Å². The molecule has 90 valence electrons. The molecule has 0 saturated heterocycles. The average molecular weight is 238 g/mol. The number of ether oxygens (including phenoxy) is 1. The number of hydrogen-bond acceptors (Lipinski definition) is 3. The number of nitrogens with zero attached hydrogens (tertiary/aromatic N) is 1. The first kappa shape index (κ1) is 12.0. The number of hydrogen-bond donors (Lipinski definition) is 1. The summed E-state index contributed by atoms with van der Waals surface area (Å²) in [5, 5.41) is 8.86. The van der Waals surface area contributed by atoms with E-state index in [-0.39, 0.29) is 6.10 Å². The molecule has 0 aromatic heterocycles. The minimum absolute atomic E-state index is 0.109. The van der Waals surface area contributed by atoms with E-state index in [1.807, 2.05) is 37.3 Å². The van der Waals surface area contributed by atoms with Crippen LogP contribution in [-0.4, -0.2) is 0 Å². The number of anilines is 1. The summed E-state index contributed by atoms with van der Waals surface area (Å²) in [6.07, 6.45) is -0.109. The molecular formula is C15H14N2O. The second kappa shape index (κ2) is 5.24. The monoisotopic (exact) mass is 238 g/mol. The van der Waals surface area contributed by atoms with Crippen LogP contribution in [0.5, 0.6) is 5.75 Å². The largest absolute Gasteiger partial charge is 0.484 e. The maximum Gasteiger partial charge on any atom is 0.144 e. The Hall–Kier alpha value is -2.47. The van der Waals surface area contributed by atoms with Crippen LogP contribution in [0.15, 0.2) is 48.5 Å².